The summed E-state index contributed by atoms with van der Waals surface area (Å²) in [5.41, 5.74) is 2.11. The summed E-state index contributed by atoms with van der Waals surface area (Å²) >= 11 is 0. The Kier molecular flexibility index (Phi) is 8.82. The quantitative estimate of drug-likeness (QED) is 0.367. The van der Waals surface area contributed by atoms with Crippen molar-refractivity contribution < 1.29 is 14.3 Å². The molecule has 1 aromatic carbocycles. The Morgan fingerprint density at radius 3 is 2.66 bits per heavy atom. The van der Waals surface area contributed by atoms with Crippen LogP contribution < -0.4 is 20.1 Å². The SMILES string of the molecule is C=CCc1cc(CNC(=NC)NC2CCN(C(=O)C3CCCCC3)C2)cc(OC)c1OC. The lowest BCUT2D eigenvalue weighted by Crippen LogP contribution is -2.45. The van der Waals surface area contributed by atoms with Gasteiger partial charge in [-0.1, -0.05) is 25.3 Å². The zero-order valence-electron chi connectivity index (χ0n) is 19.8. The summed E-state index contributed by atoms with van der Waals surface area (Å²) in [5.74, 6) is 2.76. The minimum Gasteiger partial charge on any atom is -0.493 e. The van der Waals surface area contributed by atoms with Crippen LogP contribution in [0.5, 0.6) is 11.5 Å². The molecular weight excluding hydrogens is 404 g/mol. The average molecular weight is 443 g/mol. The molecule has 0 aromatic heterocycles. The van der Waals surface area contributed by atoms with Gasteiger partial charge in [-0.2, -0.15) is 0 Å². The van der Waals surface area contributed by atoms with Gasteiger partial charge >= 0.3 is 0 Å². The number of allylic oxidation sites excluding steroid dienone is 1. The van der Waals surface area contributed by atoms with E-state index in [4.69, 9.17) is 9.47 Å². The Balaban J connectivity index is 1.55. The first kappa shape index (κ1) is 24.0. The van der Waals surface area contributed by atoms with Gasteiger partial charge in [-0.3, -0.25) is 9.79 Å². The van der Waals surface area contributed by atoms with E-state index in [9.17, 15) is 4.79 Å². The summed E-state index contributed by atoms with van der Waals surface area (Å²) in [4.78, 5) is 19.3. The monoisotopic (exact) mass is 442 g/mol. The van der Waals surface area contributed by atoms with Crippen LogP contribution in [0.1, 0.15) is 49.7 Å². The number of carbonyl (C=O) groups is 1. The van der Waals surface area contributed by atoms with E-state index in [1.165, 1.54) is 19.3 Å². The lowest BCUT2D eigenvalue weighted by Gasteiger charge is -2.26. The maximum atomic E-state index is 12.8. The summed E-state index contributed by atoms with van der Waals surface area (Å²) in [7, 11) is 5.07. The Morgan fingerprint density at radius 1 is 1.22 bits per heavy atom. The smallest absolute Gasteiger partial charge is 0.225 e. The van der Waals surface area contributed by atoms with Crippen molar-refractivity contribution >= 4 is 11.9 Å². The normalized spacial score (nSPS) is 19.5. The van der Waals surface area contributed by atoms with Gasteiger partial charge in [-0.25, -0.2) is 0 Å². The molecule has 2 aliphatic rings. The molecule has 7 nitrogen and oxygen atoms in total. The molecule has 0 bridgehead atoms. The number of nitrogens with zero attached hydrogens (tertiary/aromatic N) is 2. The number of aliphatic imine (C=N–C) groups is 1. The molecule has 1 amide bonds. The van der Waals surface area contributed by atoms with Crippen molar-refractivity contribution in [3.63, 3.8) is 0 Å². The fraction of sp³-hybridized carbons (Fsp3) is 0.600. The number of hydrogen-bond acceptors (Lipinski definition) is 4. The van der Waals surface area contributed by atoms with Gasteiger partial charge in [0.2, 0.25) is 5.91 Å². The number of ether oxygens (including phenoxy) is 2. The number of rotatable bonds is 8. The van der Waals surface area contributed by atoms with Crippen LogP contribution in [0.15, 0.2) is 29.8 Å². The summed E-state index contributed by atoms with van der Waals surface area (Å²) in [6.45, 7) is 6.01. The predicted molar refractivity (Wildman–Crippen MR) is 128 cm³/mol. The molecule has 1 aliphatic carbocycles. The molecule has 2 N–H and O–H groups in total. The molecule has 1 aromatic rings. The minimum absolute atomic E-state index is 0.218. The lowest BCUT2D eigenvalue weighted by atomic mass is 9.88. The molecule has 1 saturated carbocycles. The highest BCUT2D eigenvalue weighted by molar-refractivity contribution is 5.81. The van der Waals surface area contributed by atoms with Crippen molar-refractivity contribution in [3.05, 3.63) is 35.9 Å². The van der Waals surface area contributed by atoms with Crippen LogP contribution in [-0.4, -0.2) is 57.2 Å². The fourth-order valence-corrected chi connectivity index (χ4v) is 4.78. The third-order valence-corrected chi connectivity index (χ3v) is 6.46. The molecule has 1 saturated heterocycles. The average Bonchev–Trinajstić information content (AvgIpc) is 3.30. The standard InChI is InChI=1S/C25H38N4O3/c1-5-9-20-14-18(15-22(31-3)23(20)32-4)16-27-25(26-2)28-21-12-13-29(17-21)24(30)19-10-7-6-8-11-19/h5,14-15,19,21H,1,6-13,16-17H2,2-4H3,(H2,26,27,28). The van der Waals surface area contributed by atoms with E-state index in [1.807, 2.05) is 17.0 Å². The first-order valence-corrected chi connectivity index (χ1v) is 11.7. The molecular formula is C25H38N4O3. The van der Waals surface area contributed by atoms with Crippen LogP contribution in [-0.2, 0) is 17.8 Å². The molecule has 0 spiro atoms. The zero-order chi connectivity index (χ0) is 22.9. The Bertz CT molecular complexity index is 818. The zero-order valence-corrected chi connectivity index (χ0v) is 19.8. The van der Waals surface area contributed by atoms with Crippen LogP contribution in [0.3, 0.4) is 0 Å². The van der Waals surface area contributed by atoms with Gasteiger partial charge in [0.15, 0.2) is 17.5 Å². The van der Waals surface area contributed by atoms with E-state index in [0.29, 0.717) is 24.6 Å². The van der Waals surface area contributed by atoms with Crippen molar-refractivity contribution in [2.75, 3.05) is 34.4 Å². The highest BCUT2D eigenvalue weighted by Crippen LogP contribution is 2.33. The number of likely N-dealkylation sites (tertiary alicyclic amines) is 1. The maximum absolute atomic E-state index is 12.8. The van der Waals surface area contributed by atoms with E-state index >= 15 is 0 Å². The second-order valence-corrected chi connectivity index (χ2v) is 8.66. The van der Waals surface area contributed by atoms with Crippen molar-refractivity contribution in [2.24, 2.45) is 10.9 Å². The number of guanidine groups is 1. The third-order valence-electron chi connectivity index (χ3n) is 6.46. The van der Waals surface area contributed by atoms with Gasteiger partial charge in [0.1, 0.15) is 0 Å². The number of benzene rings is 1. The van der Waals surface area contributed by atoms with Crippen LogP contribution in [0.2, 0.25) is 0 Å². The van der Waals surface area contributed by atoms with Crippen molar-refractivity contribution in [1.29, 1.82) is 0 Å². The Morgan fingerprint density at radius 2 is 2.00 bits per heavy atom. The van der Waals surface area contributed by atoms with Gasteiger partial charge in [-0.15, -0.1) is 6.58 Å². The van der Waals surface area contributed by atoms with E-state index in [2.05, 4.69) is 28.3 Å². The molecule has 1 heterocycles. The third kappa shape index (κ3) is 5.96. The summed E-state index contributed by atoms with van der Waals surface area (Å²) in [6, 6.07) is 4.30. The number of methoxy groups -OCH3 is 2. The highest BCUT2D eigenvalue weighted by Gasteiger charge is 2.31. The Labute approximate surface area is 192 Å². The summed E-state index contributed by atoms with van der Waals surface area (Å²) < 4.78 is 11.0. The molecule has 1 unspecified atom stereocenters. The number of amides is 1. The van der Waals surface area contributed by atoms with Gasteiger partial charge in [-0.05, 0) is 43.4 Å². The summed E-state index contributed by atoms with van der Waals surface area (Å²) in [6.07, 6.45) is 9.25. The first-order chi connectivity index (χ1) is 15.6. The topological polar surface area (TPSA) is 75.2 Å². The molecule has 1 atom stereocenters. The van der Waals surface area contributed by atoms with Crippen LogP contribution in [0.4, 0.5) is 0 Å². The van der Waals surface area contributed by atoms with Gasteiger partial charge in [0.05, 0.1) is 14.2 Å². The summed E-state index contributed by atoms with van der Waals surface area (Å²) in [5, 5.41) is 6.88. The molecule has 2 fully saturated rings. The first-order valence-electron chi connectivity index (χ1n) is 11.7. The number of nitrogens with one attached hydrogen (secondary N) is 2. The highest BCUT2D eigenvalue weighted by atomic mass is 16.5. The molecule has 0 radical (unpaired) electrons. The van der Waals surface area contributed by atoms with E-state index in [-0.39, 0.29) is 12.0 Å². The van der Waals surface area contributed by atoms with Gasteiger partial charge in [0, 0.05) is 44.2 Å². The van der Waals surface area contributed by atoms with Crippen molar-refractivity contribution in [3.8, 4) is 11.5 Å². The fourth-order valence-electron chi connectivity index (χ4n) is 4.78. The largest absolute Gasteiger partial charge is 0.493 e. The second-order valence-electron chi connectivity index (χ2n) is 8.66. The van der Waals surface area contributed by atoms with Crippen molar-refractivity contribution in [2.45, 2.75) is 57.5 Å². The van der Waals surface area contributed by atoms with Crippen LogP contribution in [0.25, 0.3) is 0 Å². The van der Waals surface area contributed by atoms with E-state index in [0.717, 1.165) is 55.2 Å². The predicted octanol–water partition coefficient (Wildman–Crippen LogP) is 3.28. The van der Waals surface area contributed by atoms with E-state index in [1.54, 1.807) is 21.3 Å². The van der Waals surface area contributed by atoms with Gasteiger partial charge in [0.25, 0.3) is 0 Å². The molecule has 32 heavy (non-hydrogen) atoms. The lowest BCUT2D eigenvalue weighted by molar-refractivity contribution is -0.135. The van der Waals surface area contributed by atoms with Gasteiger partial charge < -0.3 is 25.0 Å². The molecule has 1 aliphatic heterocycles. The minimum atomic E-state index is 0.218. The maximum Gasteiger partial charge on any atom is 0.225 e. The number of carbonyl (C=O) groups excluding carboxylic acids is 1. The molecule has 176 valence electrons. The van der Waals surface area contributed by atoms with Crippen LogP contribution in [0, 0.1) is 5.92 Å². The Hall–Kier alpha value is -2.70. The molecule has 7 heteroatoms. The second kappa shape index (κ2) is 11.8. The van der Waals surface area contributed by atoms with Crippen molar-refractivity contribution in [1.82, 2.24) is 15.5 Å². The van der Waals surface area contributed by atoms with E-state index < -0.39 is 0 Å². The van der Waals surface area contributed by atoms with Crippen LogP contribution >= 0.6 is 0 Å². The number of hydrogen-bond donors (Lipinski definition) is 2. The molecule has 3 rings (SSSR count).